The number of halogens is 3. The summed E-state index contributed by atoms with van der Waals surface area (Å²) >= 11 is 1.42. The molecule has 0 N–H and O–H groups in total. The van der Waals surface area contributed by atoms with Crippen molar-refractivity contribution in [1.82, 2.24) is 25.1 Å². The van der Waals surface area contributed by atoms with Gasteiger partial charge in [-0.15, -0.1) is 21.5 Å². The maximum Gasteiger partial charge on any atom is 0.406 e. The first-order chi connectivity index (χ1) is 9.94. The van der Waals surface area contributed by atoms with Crippen LogP contribution in [0.5, 0.6) is 0 Å². The summed E-state index contributed by atoms with van der Waals surface area (Å²) in [7, 11) is 0. The quantitative estimate of drug-likeness (QED) is 0.865. The van der Waals surface area contributed by atoms with Crippen LogP contribution in [0.1, 0.15) is 12.5 Å². The predicted molar refractivity (Wildman–Crippen MR) is 67.4 cm³/mol. The third kappa shape index (κ3) is 2.89. The van der Waals surface area contributed by atoms with Crippen LogP contribution in [0.15, 0.2) is 17.5 Å². The second-order valence-electron chi connectivity index (χ2n) is 4.59. The van der Waals surface area contributed by atoms with Crippen molar-refractivity contribution in [2.45, 2.75) is 18.6 Å². The fraction of sp³-hybridized carbons (Fsp3) is 0.455. The zero-order valence-electron chi connectivity index (χ0n) is 10.6. The Morgan fingerprint density at radius 2 is 2.24 bits per heavy atom. The van der Waals surface area contributed by atoms with Crippen LogP contribution in [0.4, 0.5) is 13.2 Å². The van der Waals surface area contributed by atoms with Gasteiger partial charge in [-0.2, -0.15) is 18.0 Å². The van der Waals surface area contributed by atoms with E-state index in [1.807, 2.05) is 11.4 Å². The monoisotopic (exact) mass is 317 g/mol. The molecule has 1 aliphatic heterocycles. The lowest BCUT2D eigenvalue weighted by Gasteiger charge is -2.17. The molecule has 0 aliphatic carbocycles. The Bertz CT molecular complexity index is 639. The van der Waals surface area contributed by atoms with Gasteiger partial charge in [0, 0.05) is 6.54 Å². The summed E-state index contributed by atoms with van der Waals surface area (Å²) in [5.41, 5.74) is 0. The molecule has 112 valence electrons. The zero-order valence-corrected chi connectivity index (χ0v) is 11.4. The molecule has 2 aromatic heterocycles. The van der Waals surface area contributed by atoms with Gasteiger partial charge in [-0.3, -0.25) is 4.79 Å². The van der Waals surface area contributed by atoms with E-state index in [1.54, 1.807) is 6.07 Å². The van der Waals surface area contributed by atoms with Gasteiger partial charge in [0.05, 0.1) is 4.88 Å². The highest BCUT2D eigenvalue weighted by atomic mass is 32.1. The van der Waals surface area contributed by atoms with Gasteiger partial charge in [0.25, 0.3) is 0 Å². The Balaban J connectivity index is 1.75. The van der Waals surface area contributed by atoms with Gasteiger partial charge in [0.2, 0.25) is 11.7 Å². The number of alkyl halides is 3. The van der Waals surface area contributed by atoms with Gasteiger partial charge in [-0.1, -0.05) is 6.07 Å². The van der Waals surface area contributed by atoms with Crippen LogP contribution in [-0.4, -0.2) is 50.3 Å². The highest BCUT2D eigenvalue weighted by Gasteiger charge is 2.41. The summed E-state index contributed by atoms with van der Waals surface area (Å²) in [6.07, 6.45) is -4.16. The summed E-state index contributed by atoms with van der Waals surface area (Å²) in [6.45, 7) is -1.20. The number of carbonyl (C=O) groups is 1. The largest absolute Gasteiger partial charge is 0.406 e. The number of likely N-dealkylation sites (tertiary alicyclic amines) is 1. The van der Waals surface area contributed by atoms with Crippen LogP contribution >= 0.6 is 11.3 Å². The van der Waals surface area contributed by atoms with E-state index in [0.717, 1.165) is 14.6 Å². The Labute approximate surface area is 121 Å². The smallest absolute Gasteiger partial charge is 0.332 e. The second-order valence-corrected chi connectivity index (χ2v) is 5.54. The average molecular weight is 317 g/mol. The lowest BCUT2D eigenvalue weighted by atomic mass is 10.3. The van der Waals surface area contributed by atoms with Crippen molar-refractivity contribution in [3.8, 4) is 10.7 Å². The first-order valence-corrected chi connectivity index (χ1v) is 7.01. The molecule has 21 heavy (non-hydrogen) atoms. The van der Waals surface area contributed by atoms with Gasteiger partial charge < -0.3 is 4.90 Å². The molecule has 0 radical (unpaired) electrons. The van der Waals surface area contributed by atoms with E-state index >= 15 is 0 Å². The van der Waals surface area contributed by atoms with Gasteiger partial charge in [-0.25, -0.2) is 0 Å². The molecule has 6 nitrogen and oxygen atoms in total. The molecule has 10 heteroatoms. The number of aromatic nitrogens is 4. The van der Waals surface area contributed by atoms with Crippen molar-refractivity contribution in [3.05, 3.63) is 17.5 Å². The number of tetrazole rings is 1. The molecule has 0 aromatic carbocycles. The first-order valence-electron chi connectivity index (χ1n) is 6.13. The van der Waals surface area contributed by atoms with E-state index < -0.39 is 24.7 Å². The van der Waals surface area contributed by atoms with Crippen molar-refractivity contribution in [2.24, 2.45) is 0 Å². The Kier molecular flexibility index (Phi) is 3.40. The van der Waals surface area contributed by atoms with Gasteiger partial charge >= 0.3 is 6.18 Å². The summed E-state index contributed by atoms with van der Waals surface area (Å²) < 4.78 is 37.1. The summed E-state index contributed by atoms with van der Waals surface area (Å²) in [5.74, 6) is -0.255. The molecule has 1 saturated heterocycles. The van der Waals surface area contributed by atoms with Crippen molar-refractivity contribution in [3.63, 3.8) is 0 Å². The topological polar surface area (TPSA) is 63.9 Å². The van der Waals surface area contributed by atoms with Gasteiger partial charge in [-0.05, 0) is 23.1 Å². The number of amides is 1. The average Bonchev–Trinajstić information content (AvgIpc) is 3.09. The Hall–Kier alpha value is -1.97. The van der Waals surface area contributed by atoms with E-state index in [0.29, 0.717) is 5.82 Å². The molecule has 1 aliphatic rings. The molecule has 1 atom stereocenters. The number of carbonyl (C=O) groups excluding carboxylic acids is 1. The number of hydrogen-bond acceptors (Lipinski definition) is 5. The molecule has 1 fully saturated rings. The van der Waals surface area contributed by atoms with Crippen molar-refractivity contribution < 1.29 is 18.0 Å². The van der Waals surface area contributed by atoms with Crippen LogP contribution in [0.25, 0.3) is 10.7 Å². The third-order valence-corrected chi connectivity index (χ3v) is 3.95. The van der Waals surface area contributed by atoms with Crippen molar-refractivity contribution >= 4 is 17.2 Å². The minimum atomic E-state index is -4.40. The molecule has 0 unspecified atom stereocenters. The standard InChI is InChI=1S/C11H10F3N5OS/c12-11(13,14)6-18-4-3-7(10(18)20)19-16-9(15-17-19)8-2-1-5-21-8/h1-2,5,7H,3-4,6H2/t7-/m0/s1. The maximum atomic E-state index is 12.4. The maximum absolute atomic E-state index is 12.4. The van der Waals surface area contributed by atoms with Crippen molar-refractivity contribution in [1.29, 1.82) is 0 Å². The summed E-state index contributed by atoms with van der Waals surface area (Å²) in [6, 6.07) is 2.82. The molecule has 2 aromatic rings. The Morgan fingerprint density at radius 1 is 1.43 bits per heavy atom. The SMILES string of the molecule is O=C1[C@@H](n2nnc(-c3cccs3)n2)CCN1CC(F)(F)F. The minimum absolute atomic E-state index is 0.0406. The Morgan fingerprint density at radius 3 is 2.90 bits per heavy atom. The van der Waals surface area contributed by atoms with Crippen LogP contribution < -0.4 is 0 Å². The van der Waals surface area contributed by atoms with E-state index in [-0.39, 0.29) is 13.0 Å². The van der Waals surface area contributed by atoms with E-state index in [4.69, 9.17) is 0 Å². The fourth-order valence-electron chi connectivity index (χ4n) is 2.17. The lowest BCUT2D eigenvalue weighted by molar-refractivity contribution is -0.158. The van der Waals surface area contributed by atoms with Crippen molar-refractivity contribution in [2.75, 3.05) is 13.1 Å². The molecule has 3 heterocycles. The van der Waals surface area contributed by atoms with E-state index in [2.05, 4.69) is 15.4 Å². The third-order valence-electron chi connectivity index (χ3n) is 3.09. The van der Waals surface area contributed by atoms with Crippen LogP contribution in [0.3, 0.4) is 0 Å². The molecule has 0 spiro atoms. The number of rotatable bonds is 3. The van der Waals surface area contributed by atoms with Gasteiger partial charge in [0.1, 0.15) is 6.54 Å². The fourth-order valence-corrected chi connectivity index (χ4v) is 2.82. The normalized spacial score (nSPS) is 19.5. The summed E-state index contributed by atoms with van der Waals surface area (Å²) in [4.78, 5) is 14.7. The summed E-state index contributed by atoms with van der Waals surface area (Å²) in [5, 5.41) is 13.6. The molecule has 0 bridgehead atoms. The molecule has 1 amide bonds. The van der Waals surface area contributed by atoms with Crippen LogP contribution in [0.2, 0.25) is 0 Å². The number of thiophene rings is 1. The van der Waals surface area contributed by atoms with E-state index in [1.165, 1.54) is 11.3 Å². The highest BCUT2D eigenvalue weighted by Crippen LogP contribution is 2.27. The first kappa shape index (κ1) is 14.0. The van der Waals surface area contributed by atoms with Gasteiger partial charge in [0.15, 0.2) is 6.04 Å². The molecule has 3 rings (SSSR count). The highest BCUT2D eigenvalue weighted by molar-refractivity contribution is 7.13. The van der Waals surface area contributed by atoms with Crippen LogP contribution in [-0.2, 0) is 4.79 Å². The number of hydrogen-bond donors (Lipinski definition) is 0. The zero-order chi connectivity index (χ0) is 15.0. The molecule has 0 saturated carbocycles. The predicted octanol–water partition coefficient (Wildman–Crippen LogP) is 1.74. The second kappa shape index (κ2) is 5.10. The van der Waals surface area contributed by atoms with Crippen LogP contribution in [0, 0.1) is 0 Å². The molecular formula is C11H10F3N5OS. The lowest BCUT2D eigenvalue weighted by Crippen LogP contribution is -2.37. The van der Waals surface area contributed by atoms with E-state index in [9.17, 15) is 18.0 Å². The number of nitrogens with zero attached hydrogens (tertiary/aromatic N) is 5. The minimum Gasteiger partial charge on any atom is -0.332 e. The molecular weight excluding hydrogens is 307 g/mol.